The number of carbonyl (C=O) groups is 2. The zero-order chi connectivity index (χ0) is 34.8. The number of nitrogens with zero attached hydrogens (tertiary/aromatic N) is 5. The molecule has 2 fully saturated rings. The van der Waals surface area contributed by atoms with Crippen LogP contribution in [0.15, 0.2) is 90.4 Å². The Labute approximate surface area is 288 Å². The first-order valence-corrected chi connectivity index (χ1v) is 16.6. The molecule has 12 heteroatoms. The van der Waals surface area contributed by atoms with Gasteiger partial charge in [0.1, 0.15) is 23.3 Å². The molecule has 0 saturated carbocycles. The number of hydrogen-bond acceptors (Lipinski definition) is 8. The topological polar surface area (TPSA) is 135 Å². The molecule has 2 saturated heterocycles. The summed E-state index contributed by atoms with van der Waals surface area (Å²) in [5.74, 6) is -0.462. The number of rotatable bonds is 10. The second-order valence-corrected chi connectivity index (χ2v) is 13.0. The highest BCUT2D eigenvalue weighted by atomic mass is 19.1. The monoisotopic (exact) mass is 676 g/mol. The van der Waals surface area contributed by atoms with Crippen molar-refractivity contribution in [3.8, 4) is 22.3 Å². The molecule has 7 rings (SSSR count). The van der Waals surface area contributed by atoms with Gasteiger partial charge in [0, 0.05) is 67.5 Å². The van der Waals surface area contributed by atoms with Gasteiger partial charge in [-0.2, -0.15) is 5.10 Å². The van der Waals surface area contributed by atoms with E-state index < -0.39 is 17.1 Å². The summed E-state index contributed by atoms with van der Waals surface area (Å²) in [5, 5.41) is 4.48. The van der Waals surface area contributed by atoms with Crippen LogP contribution in [-0.2, 0) is 29.0 Å². The maximum atomic E-state index is 13.7. The highest BCUT2D eigenvalue weighted by Gasteiger charge is 2.31. The average Bonchev–Trinajstić information content (AvgIpc) is 3.57. The predicted molar refractivity (Wildman–Crippen MR) is 185 cm³/mol. The number of benzene rings is 2. The smallest absolute Gasteiger partial charge is 0.259 e. The lowest BCUT2D eigenvalue weighted by Crippen LogP contribution is -2.50. The number of aromatic nitrogens is 4. The first-order valence-electron chi connectivity index (χ1n) is 16.6. The van der Waals surface area contributed by atoms with Gasteiger partial charge in [-0.05, 0) is 40.8 Å². The number of ether oxygens (including phenoxy) is 2. The van der Waals surface area contributed by atoms with Crippen molar-refractivity contribution in [3.05, 3.63) is 124 Å². The van der Waals surface area contributed by atoms with Gasteiger partial charge in [-0.3, -0.25) is 19.1 Å². The quantitative estimate of drug-likeness (QED) is 0.214. The number of carbonyl (C=O) groups excluding carboxylic acids is 2. The molecule has 50 heavy (non-hydrogen) atoms. The van der Waals surface area contributed by atoms with Gasteiger partial charge in [-0.25, -0.2) is 9.37 Å². The van der Waals surface area contributed by atoms with Crippen molar-refractivity contribution in [2.24, 2.45) is 5.92 Å². The van der Waals surface area contributed by atoms with Crippen LogP contribution in [-0.4, -0.2) is 74.9 Å². The average molecular weight is 677 g/mol. The van der Waals surface area contributed by atoms with Crippen LogP contribution in [0.1, 0.15) is 38.8 Å². The Morgan fingerprint density at radius 3 is 2.38 bits per heavy atom. The maximum absolute atomic E-state index is 13.7. The SMILES string of the molecule is CC1CN(C(=O)c2cn(Cc3ccc(F)cc3)cc(C(=O)Cc3ccc(-c4cc(-c5cnn(C[C@H]6COCCO6)c5)cnc4N)cc3)c2=O)C1. The van der Waals surface area contributed by atoms with E-state index in [4.69, 9.17) is 15.2 Å². The van der Waals surface area contributed by atoms with Crippen molar-refractivity contribution < 1.29 is 23.5 Å². The fourth-order valence-electron chi connectivity index (χ4n) is 6.32. The summed E-state index contributed by atoms with van der Waals surface area (Å²) in [5.41, 5.74) is 10.3. The number of likely N-dealkylation sites (tertiary alicyclic amines) is 1. The van der Waals surface area contributed by atoms with Crippen LogP contribution in [0, 0.1) is 11.7 Å². The van der Waals surface area contributed by atoms with Crippen molar-refractivity contribution >= 4 is 17.5 Å². The molecule has 2 aliphatic rings. The van der Waals surface area contributed by atoms with Crippen LogP contribution < -0.4 is 11.2 Å². The molecule has 0 unspecified atom stereocenters. The third-order valence-corrected chi connectivity index (χ3v) is 9.03. The molecule has 11 nitrogen and oxygen atoms in total. The van der Waals surface area contributed by atoms with E-state index in [1.165, 1.54) is 24.5 Å². The van der Waals surface area contributed by atoms with Crippen LogP contribution in [0.5, 0.6) is 0 Å². The van der Waals surface area contributed by atoms with E-state index in [1.807, 2.05) is 48.1 Å². The molecule has 1 amide bonds. The lowest BCUT2D eigenvalue weighted by atomic mass is 9.97. The van der Waals surface area contributed by atoms with E-state index in [2.05, 4.69) is 10.1 Å². The number of amides is 1. The first-order chi connectivity index (χ1) is 24.2. The summed E-state index contributed by atoms with van der Waals surface area (Å²) >= 11 is 0. The molecule has 2 aliphatic heterocycles. The van der Waals surface area contributed by atoms with Crippen molar-refractivity contribution in [2.75, 3.05) is 38.6 Å². The van der Waals surface area contributed by atoms with Crippen LogP contribution >= 0.6 is 0 Å². The van der Waals surface area contributed by atoms with Gasteiger partial charge in [0.05, 0.1) is 38.1 Å². The number of ketones is 1. The third kappa shape index (κ3) is 7.26. The van der Waals surface area contributed by atoms with Gasteiger partial charge >= 0.3 is 0 Å². The molecule has 0 aliphatic carbocycles. The summed E-state index contributed by atoms with van der Waals surface area (Å²) in [6, 6.07) is 15.3. The number of pyridine rings is 2. The minimum Gasteiger partial charge on any atom is -0.383 e. The summed E-state index contributed by atoms with van der Waals surface area (Å²) < 4.78 is 28.2. The summed E-state index contributed by atoms with van der Waals surface area (Å²) in [4.78, 5) is 46.6. The van der Waals surface area contributed by atoms with E-state index in [0.717, 1.165) is 27.8 Å². The Hall–Kier alpha value is -5.46. The number of hydrogen-bond donors (Lipinski definition) is 1. The molecule has 5 aromatic rings. The molecule has 0 spiro atoms. The molecular weight excluding hydrogens is 639 g/mol. The van der Waals surface area contributed by atoms with Crippen molar-refractivity contribution in [1.29, 1.82) is 0 Å². The number of nitrogen functional groups attached to an aromatic ring is 1. The van der Waals surface area contributed by atoms with E-state index in [1.54, 1.807) is 34.0 Å². The van der Waals surface area contributed by atoms with Crippen LogP contribution in [0.2, 0.25) is 0 Å². The Bertz CT molecular complexity index is 2080. The van der Waals surface area contributed by atoms with Crippen LogP contribution in [0.3, 0.4) is 0 Å². The lowest BCUT2D eigenvalue weighted by Gasteiger charge is -2.37. The first kappa shape index (κ1) is 33.1. The molecule has 2 N–H and O–H groups in total. The number of halogens is 1. The number of Topliss-reactive ketones (excluding diaryl/α,β-unsaturated/α-hetero) is 1. The molecule has 5 heterocycles. The number of anilines is 1. The highest BCUT2D eigenvalue weighted by molar-refractivity contribution is 6.01. The van der Waals surface area contributed by atoms with E-state index >= 15 is 0 Å². The van der Waals surface area contributed by atoms with Gasteiger partial charge in [0.25, 0.3) is 5.91 Å². The number of nitrogens with two attached hydrogens (primary N) is 1. The van der Waals surface area contributed by atoms with Crippen molar-refractivity contribution in [1.82, 2.24) is 24.2 Å². The van der Waals surface area contributed by atoms with Crippen LogP contribution in [0.25, 0.3) is 22.3 Å². The fraction of sp³-hybridized carbons (Fsp3) is 0.289. The summed E-state index contributed by atoms with van der Waals surface area (Å²) in [6.07, 6.45) is 8.28. The second-order valence-electron chi connectivity index (χ2n) is 13.0. The third-order valence-electron chi connectivity index (χ3n) is 9.03. The zero-order valence-electron chi connectivity index (χ0n) is 27.6. The largest absolute Gasteiger partial charge is 0.383 e. The maximum Gasteiger partial charge on any atom is 0.259 e. The fourth-order valence-corrected chi connectivity index (χ4v) is 6.32. The van der Waals surface area contributed by atoms with Crippen molar-refractivity contribution in [2.45, 2.75) is 32.5 Å². The molecule has 2 aromatic carbocycles. The van der Waals surface area contributed by atoms with Gasteiger partial charge in [0.2, 0.25) is 5.43 Å². The van der Waals surface area contributed by atoms with E-state index in [0.29, 0.717) is 56.8 Å². The molecule has 1 atom stereocenters. The van der Waals surface area contributed by atoms with Gasteiger partial charge in [-0.15, -0.1) is 0 Å². The highest BCUT2D eigenvalue weighted by Crippen LogP contribution is 2.30. The molecule has 256 valence electrons. The van der Waals surface area contributed by atoms with E-state index in [-0.39, 0.29) is 36.0 Å². The zero-order valence-corrected chi connectivity index (χ0v) is 27.6. The molecule has 3 aromatic heterocycles. The van der Waals surface area contributed by atoms with Gasteiger partial charge < -0.3 is 24.7 Å². The lowest BCUT2D eigenvalue weighted by molar-refractivity contribution is -0.0946. The molecule has 0 bridgehead atoms. The normalized spacial score (nSPS) is 16.3. The van der Waals surface area contributed by atoms with Crippen molar-refractivity contribution in [3.63, 3.8) is 0 Å². The second kappa shape index (κ2) is 14.2. The summed E-state index contributed by atoms with van der Waals surface area (Å²) in [6.45, 7) is 5.68. The minimum absolute atomic E-state index is 0.0484. The predicted octanol–water partition coefficient (Wildman–Crippen LogP) is 4.48. The summed E-state index contributed by atoms with van der Waals surface area (Å²) in [7, 11) is 0. The minimum atomic E-state index is -0.592. The van der Waals surface area contributed by atoms with Gasteiger partial charge in [-0.1, -0.05) is 43.3 Å². The van der Waals surface area contributed by atoms with Crippen LogP contribution in [0.4, 0.5) is 10.2 Å². The van der Waals surface area contributed by atoms with E-state index in [9.17, 15) is 18.8 Å². The Kier molecular flexibility index (Phi) is 9.38. The standard InChI is InChI=1S/C38H37FN6O5/c1-24-16-44(17-24)38(48)34-22-43(18-26-4-8-30(39)9-5-26)21-33(36(34)47)35(46)12-25-2-6-27(7-3-25)32-13-28(14-41-37(32)40)29-15-42-45(19-29)20-31-23-49-10-11-50-31/h2-9,13-15,19,21-22,24,31H,10-12,16-18,20,23H2,1H3,(H2,40,41)/t31-/m0/s1. The van der Waals surface area contributed by atoms with Gasteiger partial charge in [0.15, 0.2) is 5.78 Å². The Morgan fingerprint density at radius 1 is 0.920 bits per heavy atom. The molecule has 0 radical (unpaired) electrons. The Morgan fingerprint density at radius 2 is 1.66 bits per heavy atom. The Balaban J connectivity index is 1.10. The molecular formula is C38H37FN6O5.